The quantitative estimate of drug-likeness (QED) is 0.00468. The minimum Gasteiger partial charge on any atom is -0.478 e. The molecule has 0 aliphatic carbocycles. The van der Waals surface area contributed by atoms with Crippen molar-refractivity contribution >= 4 is 109 Å². The summed E-state index contributed by atoms with van der Waals surface area (Å²) in [6, 6.07) is 44.9. The zero-order valence-electron chi connectivity index (χ0n) is 64.0. The van der Waals surface area contributed by atoms with Gasteiger partial charge in [-0.05, 0) is 123 Å². The van der Waals surface area contributed by atoms with Crippen molar-refractivity contribution in [1.82, 2.24) is 79.5 Å². The molecule has 0 radical (unpaired) electrons. The molecule has 8 N–H and O–H groups in total. The molecule has 3 amide bonds. The maximum atomic E-state index is 13.9. The van der Waals surface area contributed by atoms with Gasteiger partial charge in [0.1, 0.15) is 36.3 Å². The number of nitriles is 1. The molecule has 6 aromatic heterocycles. The van der Waals surface area contributed by atoms with E-state index in [1.54, 1.807) is 60.7 Å². The van der Waals surface area contributed by atoms with E-state index in [0.717, 1.165) is 70.0 Å². The minimum absolute atomic E-state index is 0.0882. The Labute approximate surface area is 661 Å². The lowest BCUT2D eigenvalue weighted by Gasteiger charge is -2.23. The number of benzene rings is 6. The van der Waals surface area contributed by atoms with E-state index < -0.39 is 5.97 Å². The molecule has 6 aromatic carbocycles. The van der Waals surface area contributed by atoms with E-state index in [-0.39, 0.29) is 83.8 Å². The maximum Gasteiger partial charge on any atom is 0.378 e. The molecule has 0 fully saturated rings. The fraction of sp³-hybridized carbons (Fsp3) is 0.284. The number of carboxylic acid groups (broad SMARTS) is 1. The number of amides is 3. The number of nitrogens with zero attached hydrogens (tertiary/aromatic N) is 21. The Balaban J connectivity index is 0.684. The van der Waals surface area contributed by atoms with Gasteiger partial charge in [0, 0.05) is 138 Å². The van der Waals surface area contributed by atoms with Gasteiger partial charge in [-0.25, -0.2) is 33.2 Å². The number of carbonyl (C=O) groups excluding carboxylic acids is 4. The molecule has 0 bridgehead atoms. The first-order chi connectivity index (χ1) is 56.1. The zero-order chi connectivity index (χ0) is 80.7. The third kappa shape index (κ3) is 19.2. The summed E-state index contributed by atoms with van der Waals surface area (Å²) in [6.45, 7) is 27.8. The van der Waals surface area contributed by atoms with Gasteiger partial charge in [-0.1, -0.05) is 48.5 Å². The number of ether oxygens (including phenoxy) is 1. The van der Waals surface area contributed by atoms with E-state index in [2.05, 4.69) is 97.6 Å². The van der Waals surface area contributed by atoms with Crippen molar-refractivity contribution < 1.29 is 38.5 Å². The number of rotatable bonds is 40. The van der Waals surface area contributed by atoms with Crippen LogP contribution in [0.3, 0.4) is 0 Å². The molecule has 0 atom stereocenters. The van der Waals surface area contributed by atoms with E-state index in [1.807, 2.05) is 115 Å². The minimum atomic E-state index is -1.07. The Morgan fingerprint density at radius 3 is 1.62 bits per heavy atom. The van der Waals surface area contributed by atoms with Gasteiger partial charge in [0.15, 0.2) is 11.6 Å². The number of nitrogens with one attached hydrogen (secondary N) is 5. The summed E-state index contributed by atoms with van der Waals surface area (Å²) >= 11 is 0. The molecular weight excluding hydrogens is 1460 g/mol. The third-order valence-corrected chi connectivity index (χ3v) is 19.5. The third-order valence-electron chi connectivity index (χ3n) is 19.5. The largest absolute Gasteiger partial charge is 0.478 e. The maximum absolute atomic E-state index is 13.9. The van der Waals surface area contributed by atoms with Crippen LogP contribution in [0.25, 0.3) is 59.5 Å². The van der Waals surface area contributed by atoms with Crippen molar-refractivity contribution in [2.24, 2.45) is 43.5 Å². The number of hydrogen-bond acceptors (Lipinski definition) is 21. The molecule has 34 heteroatoms. The number of hydrogen-bond donors (Lipinski definition) is 7. The van der Waals surface area contributed by atoms with E-state index in [9.17, 15) is 34.3 Å². The molecule has 586 valence electrons. The van der Waals surface area contributed by atoms with Crippen LogP contribution in [0.15, 0.2) is 195 Å². The fourth-order valence-electron chi connectivity index (χ4n) is 13.4. The molecule has 0 unspecified atom stereocenters. The van der Waals surface area contributed by atoms with E-state index in [4.69, 9.17) is 28.7 Å². The van der Waals surface area contributed by atoms with Crippen molar-refractivity contribution in [2.45, 2.75) is 46.3 Å². The molecule has 34 nitrogen and oxygen atoms in total. The van der Waals surface area contributed by atoms with Gasteiger partial charge in [-0.15, -0.1) is 20.5 Å². The van der Waals surface area contributed by atoms with Gasteiger partial charge in [0.05, 0.1) is 101 Å². The zero-order valence-corrected chi connectivity index (χ0v) is 64.0. The highest BCUT2D eigenvalue weighted by Crippen LogP contribution is 2.39. The van der Waals surface area contributed by atoms with E-state index in [0.29, 0.717) is 124 Å². The second kappa shape index (κ2) is 38.8. The lowest BCUT2D eigenvalue weighted by Crippen LogP contribution is -2.42. The first-order valence-corrected chi connectivity index (χ1v) is 37.3. The normalized spacial score (nSPS) is 11.7. The summed E-state index contributed by atoms with van der Waals surface area (Å²) in [5, 5.41) is 78.6. The topological polar surface area (TPSA) is 386 Å². The van der Waals surface area contributed by atoms with Crippen LogP contribution < -0.4 is 37.0 Å². The number of fused-ring (bicyclic) bond motifs is 3. The van der Waals surface area contributed by atoms with Crippen LogP contribution in [0.5, 0.6) is 0 Å². The summed E-state index contributed by atoms with van der Waals surface area (Å²) in [5.74, 6) is -0.578. The van der Waals surface area contributed by atoms with Gasteiger partial charge < -0.3 is 46.0 Å². The molecule has 0 aliphatic rings. The number of carboxylic acids is 1. The molecule has 0 spiro atoms. The molecule has 0 saturated carbocycles. The first kappa shape index (κ1) is 80.6. The number of azo groups is 3. The van der Waals surface area contributed by atoms with Crippen LogP contribution in [0.2, 0.25) is 0 Å². The smallest absolute Gasteiger partial charge is 0.378 e. The number of aryl methyl sites for hydroxylation is 2. The van der Waals surface area contributed by atoms with Crippen LogP contribution >= 0.6 is 0 Å². The Bertz CT molecular complexity index is 5710. The van der Waals surface area contributed by atoms with Crippen LogP contribution in [-0.2, 0) is 41.0 Å². The highest BCUT2D eigenvalue weighted by Gasteiger charge is 2.26. The van der Waals surface area contributed by atoms with Gasteiger partial charge in [0.25, 0.3) is 17.3 Å². The predicted molar refractivity (Wildman–Crippen MR) is 432 cm³/mol. The monoisotopic (exact) mass is 1550 g/mol. The van der Waals surface area contributed by atoms with E-state index >= 15 is 0 Å². The first-order valence-electron chi connectivity index (χ1n) is 37.3. The molecule has 0 aliphatic heterocycles. The summed E-state index contributed by atoms with van der Waals surface area (Å²) < 4.78 is 18.5. The second-order valence-electron chi connectivity index (χ2n) is 26.6. The number of likely N-dealkylation sites (N-methyl/N-ethyl adjacent to an activating group) is 1. The van der Waals surface area contributed by atoms with Crippen LogP contribution in [0.1, 0.15) is 60.9 Å². The second-order valence-corrected chi connectivity index (χ2v) is 26.6. The Morgan fingerprint density at radius 2 is 1.06 bits per heavy atom. The average molecular weight is 1550 g/mol. The molecular formula is C81H86N27O7+. The average Bonchev–Trinajstić information content (AvgIpc) is 1.65. The molecule has 0 saturated heterocycles. The van der Waals surface area contributed by atoms with Gasteiger partial charge in [0.2, 0.25) is 17.6 Å². The lowest BCUT2D eigenvalue weighted by atomic mass is 10.2. The van der Waals surface area contributed by atoms with Crippen molar-refractivity contribution in [2.75, 3.05) is 98.9 Å². The highest BCUT2D eigenvalue weighted by molar-refractivity contribution is 5.96. The number of aromatic carboxylic acids is 1. The molecule has 115 heavy (non-hydrogen) atoms. The van der Waals surface area contributed by atoms with Gasteiger partial charge in [-0.3, -0.25) is 34.3 Å². The standard InChI is InChI=1S/C81H85N27O7/c1-55-74(95-98-78-67(85-4)51-92-107(78)61-25-19-57(53-109)20-26-61)64-13-7-10-16-69(64)103(55)39-31-72(110)88-37-45-102(43-35-87-54-115-48-47-104-56(2)75(65-14-8-11-17-70(65)104)94-96-76-60(49-83)50-91-106(76)62-29-23-59(24-30-62)81(113)114)46-38-90-80(112)58-21-27-63(28-22-58)108-79(68(86-5)52-93-108)99-97-77-66-15-9-12-18-71(66)105(100(77)6)40-32-73(111)89-36-44-101(41-33-82)42-34-84-3/h7-30,50-53,84,87H,31-48,54,82H2,1-3,6H3,(H3-,88,89,90,110,111,112,113,114)/p+1. The number of aldehydes is 1. The Morgan fingerprint density at radius 1 is 0.583 bits per heavy atom. The van der Waals surface area contributed by atoms with Gasteiger partial charge >= 0.3 is 11.8 Å². The Kier molecular flexibility index (Phi) is 27.2. The van der Waals surface area contributed by atoms with Crippen molar-refractivity contribution in [3.8, 4) is 23.1 Å². The fourth-order valence-corrected chi connectivity index (χ4v) is 13.4. The Hall–Kier alpha value is -13.9. The number of carbonyl (C=O) groups is 5. The van der Waals surface area contributed by atoms with Crippen LogP contribution in [-0.4, -0.2) is 187 Å². The number of para-hydroxylation sites is 3. The summed E-state index contributed by atoms with van der Waals surface area (Å²) in [5.41, 5.74) is 14.3. The van der Waals surface area contributed by atoms with E-state index in [1.165, 1.54) is 44.8 Å². The van der Waals surface area contributed by atoms with Crippen molar-refractivity contribution in [3.05, 3.63) is 221 Å². The highest BCUT2D eigenvalue weighted by atomic mass is 16.5. The number of aromatic nitrogens is 10. The van der Waals surface area contributed by atoms with Crippen molar-refractivity contribution in [3.63, 3.8) is 0 Å². The van der Waals surface area contributed by atoms with Crippen LogP contribution in [0.4, 0.5) is 46.0 Å². The summed E-state index contributed by atoms with van der Waals surface area (Å²) in [4.78, 5) is 75.4. The SMILES string of the molecule is [C-]#[N+]c1cnn(-c2ccc(C=O)cc2)c1N=Nc1c(C)n(CCC(=O)NCCN(CCNCOCCn2c(C)c(N=Nc3c(C#N)cnn3-c3ccc(C(=O)O)cc3)c3ccccc32)CCNC(=O)c2ccc(-n3ncc([N+]#[C-])c3N=Nc3c4ccccc4n(CCC(=O)NCCN(CCN)CCNC)[n+]3C)cc2)c2ccccc12. The molecule has 12 aromatic rings. The number of nitrogens with two attached hydrogens (primary N) is 1. The lowest BCUT2D eigenvalue weighted by molar-refractivity contribution is -0.739. The molecule has 6 heterocycles. The van der Waals surface area contributed by atoms with Gasteiger partial charge in [-0.2, -0.15) is 25.2 Å². The summed E-state index contributed by atoms with van der Waals surface area (Å²) in [6.07, 6.45) is 5.32. The predicted octanol–water partition coefficient (Wildman–Crippen LogP) is 10.8. The van der Waals surface area contributed by atoms with Crippen molar-refractivity contribution in [1.29, 1.82) is 5.26 Å². The summed E-state index contributed by atoms with van der Waals surface area (Å²) in [7, 11) is 3.75. The molecule has 12 rings (SSSR count). The van der Waals surface area contributed by atoms with Crippen LogP contribution in [0, 0.1) is 38.3 Å².